The highest BCUT2D eigenvalue weighted by molar-refractivity contribution is 5.92. The Bertz CT molecular complexity index is 886. The van der Waals surface area contributed by atoms with Crippen molar-refractivity contribution in [2.75, 3.05) is 0 Å². The summed E-state index contributed by atoms with van der Waals surface area (Å²) >= 11 is 0. The lowest BCUT2D eigenvalue weighted by Gasteiger charge is -2.19. The summed E-state index contributed by atoms with van der Waals surface area (Å²) in [5, 5.41) is 0. The molecule has 0 saturated heterocycles. The highest BCUT2D eigenvalue weighted by Crippen LogP contribution is 2.28. The number of hydrogen-bond donors (Lipinski definition) is 0. The van der Waals surface area contributed by atoms with Gasteiger partial charge in [0.1, 0.15) is 5.76 Å². The van der Waals surface area contributed by atoms with Gasteiger partial charge in [-0.1, -0.05) is 0 Å². The van der Waals surface area contributed by atoms with E-state index in [1.54, 1.807) is 24.3 Å². The van der Waals surface area contributed by atoms with Crippen LogP contribution in [0.4, 0.5) is 0 Å². The Morgan fingerprint density at radius 1 is 1.38 bits per heavy atom. The summed E-state index contributed by atoms with van der Waals surface area (Å²) in [7, 11) is 2.98. The Morgan fingerprint density at radius 2 is 2.12 bits per heavy atom. The van der Waals surface area contributed by atoms with Crippen LogP contribution in [0.2, 0.25) is 0 Å². The SMILES string of the molecule is Cn1cc(C=CC(=O)N(Cc2ccco2)C2CC2)c(=O)n(C)c1=O. The molecule has 0 N–H and O–H groups in total. The van der Waals surface area contributed by atoms with Gasteiger partial charge in [0.25, 0.3) is 5.56 Å². The molecule has 2 aromatic rings. The first-order valence-corrected chi connectivity index (χ1v) is 7.75. The van der Waals surface area contributed by atoms with Gasteiger partial charge in [-0.2, -0.15) is 0 Å². The smallest absolute Gasteiger partial charge is 0.330 e. The number of rotatable bonds is 5. The average molecular weight is 329 g/mol. The van der Waals surface area contributed by atoms with Gasteiger partial charge >= 0.3 is 5.69 Å². The minimum Gasteiger partial charge on any atom is -0.467 e. The second-order valence-electron chi connectivity index (χ2n) is 5.95. The normalized spacial score (nSPS) is 14.2. The van der Waals surface area contributed by atoms with Crippen molar-refractivity contribution in [3.63, 3.8) is 0 Å². The molecule has 0 atom stereocenters. The van der Waals surface area contributed by atoms with E-state index >= 15 is 0 Å². The maximum Gasteiger partial charge on any atom is 0.330 e. The van der Waals surface area contributed by atoms with E-state index in [-0.39, 0.29) is 11.9 Å². The Kier molecular flexibility index (Phi) is 4.24. The Morgan fingerprint density at radius 3 is 2.75 bits per heavy atom. The maximum atomic E-state index is 12.5. The van der Waals surface area contributed by atoms with Gasteiger partial charge in [0.2, 0.25) is 5.91 Å². The predicted octanol–water partition coefficient (Wildman–Crippen LogP) is 0.881. The number of hydrogen-bond acceptors (Lipinski definition) is 4. The second kappa shape index (κ2) is 6.35. The molecule has 1 amide bonds. The van der Waals surface area contributed by atoms with Crippen molar-refractivity contribution in [2.45, 2.75) is 25.4 Å². The van der Waals surface area contributed by atoms with Crippen molar-refractivity contribution in [2.24, 2.45) is 14.1 Å². The maximum absolute atomic E-state index is 12.5. The molecule has 0 aliphatic heterocycles. The molecule has 2 heterocycles. The third-order valence-electron chi connectivity index (χ3n) is 4.06. The molecular weight excluding hydrogens is 310 g/mol. The first-order chi connectivity index (χ1) is 11.5. The summed E-state index contributed by atoms with van der Waals surface area (Å²) in [4.78, 5) is 38.0. The van der Waals surface area contributed by atoms with E-state index in [0.29, 0.717) is 12.1 Å². The number of amides is 1. The van der Waals surface area contributed by atoms with Gasteiger partial charge < -0.3 is 13.9 Å². The second-order valence-corrected chi connectivity index (χ2v) is 5.95. The fourth-order valence-corrected chi connectivity index (χ4v) is 2.55. The molecule has 1 aliphatic rings. The van der Waals surface area contributed by atoms with E-state index in [9.17, 15) is 14.4 Å². The largest absolute Gasteiger partial charge is 0.467 e. The van der Waals surface area contributed by atoms with Crippen LogP contribution < -0.4 is 11.2 Å². The van der Waals surface area contributed by atoms with Crippen LogP contribution in [0, 0.1) is 0 Å². The zero-order chi connectivity index (χ0) is 17.3. The van der Waals surface area contributed by atoms with Gasteiger partial charge in [0.15, 0.2) is 0 Å². The summed E-state index contributed by atoms with van der Waals surface area (Å²) in [6.07, 6.45) is 7.80. The standard InChI is InChI=1S/C17H19N3O4/c1-18-10-12(16(22)19(2)17(18)23)5-8-15(21)20(13-6-7-13)11-14-4-3-9-24-14/h3-5,8-10,13H,6-7,11H2,1-2H3. The van der Waals surface area contributed by atoms with Crippen LogP contribution in [0.5, 0.6) is 0 Å². The molecule has 1 fully saturated rings. The minimum atomic E-state index is -0.425. The Balaban J connectivity index is 1.81. The van der Waals surface area contributed by atoms with Gasteiger partial charge in [-0.25, -0.2) is 4.79 Å². The number of carbonyl (C=O) groups is 1. The molecule has 7 nitrogen and oxygen atoms in total. The third-order valence-corrected chi connectivity index (χ3v) is 4.06. The molecule has 7 heteroatoms. The van der Waals surface area contributed by atoms with Crippen LogP contribution in [0.25, 0.3) is 6.08 Å². The summed E-state index contributed by atoms with van der Waals surface area (Å²) in [5.74, 6) is 0.548. The fourth-order valence-electron chi connectivity index (χ4n) is 2.55. The number of aryl methyl sites for hydroxylation is 1. The Labute approximate surface area is 138 Å². The van der Waals surface area contributed by atoms with Crippen LogP contribution in [0.1, 0.15) is 24.2 Å². The molecule has 0 aromatic carbocycles. The lowest BCUT2D eigenvalue weighted by Crippen LogP contribution is -2.37. The molecule has 1 aliphatic carbocycles. The lowest BCUT2D eigenvalue weighted by atomic mass is 10.2. The highest BCUT2D eigenvalue weighted by atomic mass is 16.3. The summed E-state index contributed by atoms with van der Waals surface area (Å²) in [6, 6.07) is 3.83. The van der Waals surface area contributed by atoms with Crippen molar-refractivity contribution in [3.8, 4) is 0 Å². The number of carbonyl (C=O) groups excluding carboxylic acids is 1. The van der Waals surface area contributed by atoms with Crippen molar-refractivity contribution in [1.82, 2.24) is 14.0 Å². The van der Waals surface area contributed by atoms with E-state index in [2.05, 4.69) is 0 Å². The van der Waals surface area contributed by atoms with Gasteiger partial charge in [-0.15, -0.1) is 0 Å². The molecule has 1 saturated carbocycles. The van der Waals surface area contributed by atoms with Crippen LogP contribution in [0.3, 0.4) is 0 Å². The van der Waals surface area contributed by atoms with Crippen LogP contribution in [0.15, 0.2) is 44.7 Å². The topological polar surface area (TPSA) is 77.5 Å². The van der Waals surface area contributed by atoms with Gasteiger partial charge in [-0.05, 0) is 31.1 Å². The van der Waals surface area contributed by atoms with Gasteiger partial charge in [0, 0.05) is 32.4 Å². The van der Waals surface area contributed by atoms with E-state index in [1.165, 1.54) is 30.0 Å². The van der Waals surface area contributed by atoms with Crippen molar-refractivity contribution in [3.05, 3.63) is 62.8 Å². The van der Waals surface area contributed by atoms with E-state index in [4.69, 9.17) is 4.42 Å². The lowest BCUT2D eigenvalue weighted by molar-refractivity contribution is -0.127. The van der Waals surface area contributed by atoms with Crippen LogP contribution >= 0.6 is 0 Å². The molecule has 24 heavy (non-hydrogen) atoms. The molecular formula is C17H19N3O4. The molecule has 0 spiro atoms. The molecule has 126 valence electrons. The first kappa shape index (κ1) is 16.0. The zero-order valence-electron chi connectivity index (χ0n) is 13.6. The minimum absolute atomic E-state index is 0.176. The number of nitrogens with zero attached hydrogens (tertiary/aromatic N) is 3. The summed E-state index contributed by atoms with van der Waals surface area (Å²) in [6.45, 7) is 0.409. The molecule has 3 rings (SSSR count). The Hall–Kier alpha value is -2.83. The summed E-state index contributed by atoms with van der Waals surface area (Å²) < 4.78 is 7.64. The van der Waals surface area contributed by atoms with E-state index in [1.807, 2.05) is 6.07 Å². The van der Waals surface area contributed by atoms with Gasteiger partial charge in [-0.3, -0.25) is 14.2 Å². The fraction of sp³-hybridized carbons (Fsp3) is 0.353. The van der Waals surface area contributed by atoms with Gasteiger partial charge in [0.05, 0.1) is 18.4 Å². The van der Waals surface area contributed by atoms with Crippen molar-refractivity contribution < 1.29 is 9.21 Å². The number of furan rings is 1. The zero-order valence-corrected chi connectivity index (χ0v) is 13.6. The van der Waals surface area contributed by atoms with Crippen LogP contribution in [-0.2, 0) is 25.4 Å². The average Bonchev–Trinajstić information content (AvgIpc) is 3.28. The summed E-state index contributed by atoms with van der Waals surface area (Å²) in [5.41, 5.74) is -0.534. The first-order valence-electron chi connectivity index (χ1n) is 7.75. The van der Waals surface area contributed by atoms with Crippen molar-refractivity contribution in [1.29, 1.82) is 0 Å². The van der Waals surface area contributed by atoms with Crippen molar-refractivity contribution >= 4 is 12.0 Å². The van der Waals surface area contributed by atoms with E-state index < -0.39 is 11.2 Å². The highest BCUT2D eigenvalue weighted by Gasteiger charge is 2.32. The quantitative estimate of drug-likeness (QED) is 0.763. The monoisotopic (exact) mass is 329 g/mol. The molecule has 0 unspecified atom stereocenters. The number of aromatic nitrogens is 2. The van der Waals surface area contributed by atoms with Crippen LogP contribution in [-0.4, -0.2) is 26.0 Å². The molecule has 2 aromatic heterocycles. The molecule has 0 bridgehead atoms. The third kappa shape index (κ3) is 3.24. The predicted molar refractivity (Wildman–Crippen MR) is 88.2 cm³/mol. The van der Waals surface area contributed by atoms with E-state index in [0.717, 1.165) is 23.2 Å². The molecule has 0 radical (unpaired) electrons.